The lowest BCUT2D eigenvalue weighted by Crippen LogP contribution is -2.14. The molecular weight excluding hydrogens is 402 g/mol. The topological polar surface area (TPSA) is 25.8 Å². The quantitative estimate of drug-likeness (QED) is 0.542. The molecule has 0 saturated heterocycles. The van der Waals surface area contributed by atoms with Crippen LogP contribution in [-0.4, -0.2) is 9.97 Å². The average Bonchev–Trinajstić information content (AvgIpc) is 2.01. The molecule has 1 heterocycles. The Morgan fingerprint density at radius 3 is 1.64 bits per heavy atom. The van der Waals surface area contributed by atoms with Gasteiger partial charge in [-0.3, -0.25) is 0 Å². The second-order valence-corrected chi connectivity index (χ2v) is 9.63. The van der Waals surface area contributed by atoms with Gasteiger partial charge in [-0.05, 0) is 27.7 Å². The van der Waals surface area contributed by atoms with E-state index in [9.17, 15) is 0 Å². The highest BCUT2D eigenvalue weighted by molar-refractivity contribution is 14.1. The first-order valence-electron chi connectivity index (χ1n) is 4.42. The molecule has 0 aliphatic heterocycles. The zero-order valence-corrected chi connectivity index (χ0v) is 13.1. The van der Waals surface area contributed by atoms with E-state index in [1.54, 1.807) is 0 Å². The largest absolute Gasteiger partial charge is 0.240 e. The van der Waals surface area contributed by atoms with Crippen LogP contribution >= 0.6 is 45.2 Å². The van der Waals surface area contributed by atoms with Gasteiger partial charge < -0.3 is 0 Å². The van der Waals surface area contributed by atoms with Crippen molar-refractivity contribution in [1.82, 2.24) is 9.97 Å². The molecular formula is C10H14I2N2. The molecule has 0 amide bonds. The van der Waals surface area contributed by atoms with Gasteiger partial charge in [0.1, 0.15) is 5.82 Å². The Hall–Kier alpha value is 0.540. The standard InChI is InChI=1S/C10H14I2N2/c1-9(2,11)7-5-13-8(14-6-7)10(3,4)12/h5-6H,1-4H3. The van der Waals surface area contributed by atoms with Gasteiger partial charge in [-0.15, -0.1) is 0 Å². The summed E-state index contributed by atoms with van der Waals surface area (Å²) in [5.74, 6) is 0.891. The summed E-state index contributed by atoms with van der Waals surface area (Å²) in [6.45, 7) is 8.53. The fraction of sp³-hybridized carbons (Fsp3) is 0.600. The van der Waals surface area contributed by atoms with Crippen LogP contribution in [0.2, 0.25) is 0 Å². The molecule has 0 saturated carbocycles. The van der Waals surface area contributed by atoms with E-state index < -0.39 is 0 Å². The molecule has 0 aliphatic carbocycles. The molecule has 1 aromatic heterocycles. The number of nitrogens with zero attached hydrogens (tertiary/aromatic N) is 2. The molecule has 2 nitrogen and oxygen atoms in total. The minimum Gasteiger partial charge on any atom is -0.240 e. The number of alkyl halides is 2. The number of halogens is 2. The van der Waals surface area contributed by atoms with Crippen molar-refractivity contribution in [2.45, 2.75) is 34.5 Å². The van der Waals surface area contributed by atoms with Gasteiger partial charge in [0, 0.05) is 21.4 Å². The molecule has 1 aromatic rings. The van der Waals surface area contributed by atoms with Crippen LogP contribution in [0.1, 0.15) is 39.1 Å². The minimum atomic E-state index is 0.00566. The number of hydrogen-bond acceptors (Lipinski definition) is 2. The highest BCUT2D eigenvalue weighted by Crippen LogP contribution is 2.31. The van der Waals surface area contributed by atoms with Crippen LogP contribution in [0.5, 0.6) is 0 Å². The number of aromatic nitrogens is 2. The van der Waals surface area contributed by atoms with E-state index in [-0.39, 0.29) is 6.84 Å². The third-order valence-corrected chi connectivity index (χ3v) is 2.98. The number of rotatable bonds is 2. The Bertz CT molecular complexity index is 273. The Kier molecular flexibility index (Phi) is 3.77. The summed E-state index contributed by atoms with van der Waals surface area (Å²) in [4.78, 5) is 8.79. The van der Waals surface area contributed by atoms with E-state index in [4.69, 9.17) is 0 Å². The van der Waals surface area contributed by atoms with Crippen LogP contribution < -0.4 is 0 Å². The maximum absolute atomic E-state index is 4.39. The fourth-order valence-corrected chi connectivity index (χ4v) is 1.50. The molecule has 0 aliphatic rings. The van der Waals surface area contributed by atoms with Gasteiger partial charge in [0.2, 0.25) is 0 Å². The normalized spacial score (nSPS) is 13.0. The minimum absolute atomic E-state index is 0.00566. The smallest absolute Gasteiger partial charge is 0.143 e. The van der Waals surface area contributed by atoms with Crippen LogP contribution in [0.15, 0.2) is 12.4 Å². The zero-order valence-electron chi connectivity index (χ0n) is 8.81. The van der Waals surface area contributed by atoms with Crippen molar-refractivity contribution in [2.24, 2.45) is 0 Å². The molecule has 78 valence electrons. The van der Waals surface area contributed by atoms with Gasteiger partial charge in [0.15, 0.2) is 0 Å². The highest BCUT2D eigenvalue weighted by Gasteiger charge is 2.21. The van der Waals surface area contributed by atoms with E-state index in [2.05, 4.69) is 82.8 Å². The van der Waals surface area contributed by atoms with Crippen LogP contribution in [0, 0.1) is 0 Å². The molecule has 0 spiro atoms. The van der Waals surface area contributed by atoms with Crippen LogP contribution in [0.25, 0.3) is 0 Å². The summed E-state index contributed by atoms with van der Waals surface area (Å²) in [5.41, 5.74) is 1.17. The molecule has 0 fully saturated rings. The maximum Gasteiger partial charge on any atom is 0.143 e. The van der Waals surface area contributed by atoms with Crippen molar-refractivity contribution >= 4 is 45.2 Å². The van der Waals surface area contributed by atoms with E-state index in [0.717, 1.165) is 5.82 Å². The Morgan fingerprint density at radius 2 is 1.36 bits per heavy atom. The summed E-state index contributed by atoms with van der Waals surface area (Å²) in [5, 5.41) is 0. The van der Waals surface area contributed by atoms with E-state index in [0.29, 0.717) is 0 Å². The first-order chi connectivity index (χ1) is 6.21. The van der Waals surface area contributed by atoms with Crippen molar-refractivity contribution in [3.8, 4) is 0 Å². The molecule has 0 atom stereocenters. The van der Waals surface area contributed by atoms with Crippen molar-refractivity contribution in [3.63, 3.8) is 0 Å². The lowest BCUT2D eigenvalue weighted by molar-refractivity contribution is 0.723. The second kappa shape index (κ2) is 4.19. The first-order valence-corrected chi connectivity index (χ1v) is 6.58. The molecule has 0 unspecified atom stereocenters. The summed E-state index contributed by atoms with van der Waals surface area (Å²) in [6.07, 6.45) is 3.85. The Balaban J connectivity index is 3.02. The predicted octanol–water partition coefficient (Wildman–Crippen LogP) is 3.82. The monoisotopic (exact) mass is 416 g/mol. The van der Waals surface area contributed by atoms with Gasteiger partial charge in [-0.25, -0.2) is 9.97 Å². The van der Waals surface area contributed by atoms with E-state index >= 15 is 0 Å². The molecule has 0 radical (unpaired) electrons. The molecule has 1 rings (SSSR count). The van der Waals surface area contributed by atoms with Crippen LogP contribution in [-0.2, 0) is 6.84 Å². The Labute approximate surface area is 113 Å². The van der Waals surface area contributed by atoms with E-state index in [1.165, 1.54) is 5.56 Å². The van der Waals surface area contributed by atoms with Crippen molar-refractivity contribution in [1.29, 1.82) is 0 Å². The summed E-state index contributed by atoms with van der Waals surface area (Å²) >= 11 is 4.74. The average molecular weight is 416 g/mol. The summed E-state index contributed by atoms with van der Waals surface area (Å²) in [6, 6.07) is 0. The van der Waals surface area contributed by atoms with Gasteiger partial charge in [0.25, 0.3) is 0 Å². The molecule has 0 N–H and O–H groups in total. The second-order valence-electron chi connectivity index (χ2n) is 4.24. The maximum atomic E-state index is 4.39. The fourth-order valence-electron chi connectivity index (χ4n) is 0.942. The lowest BCUT2D eigenvalue weighted by atomic mass is 10.1. The van der Waals surface area contributed by atoms with Gasteiger partial charge in [0.05, 0.1) is 3.42 Å². The third-order valence-electron chi connectivity index (χ3n) is 1.87. The van der Waals surface area contributed by atoms with Gasteiger partial charge in [-0.2, -0.15) is 0 Å². The lowest BCUT2D eigenvalue weighted by Gasteiger charge is -2.18. The highest BCUT2D eigenvalue weighted by atomic mass is 127. The Morgan fingerprint density at radius 1 is 0.929 bits per heavy atom. The van der Waals surface area contributed by atoms with Gasteiger partial charge in [-0.1, -0.05) is 45.2 Å². The van der Waals surface area contributed by atoms with Crippen molar-refractivity contribution < 1.29 is 0 Å². The van der Waals surface area contributed by atoms with E-state index in [1.807, 2.05) is 12.4 Å². The SMILES string of the molecule is CC(C)(I)c1cnc(C(C)(C)I)nc1. The molecule has 0 bridgehead atoms. The van der Waals surface area contributed by atoms with Crippen LogP contribution in [0.4, 0.5) is 0 Å². The zero-order chi connectivity index (χ0) is 11.0. The van der Waals surface area contributed by atoms with Crippen molar-refractivity contribution in [2.75, 3.05) is 0 Å². The third kappa shape index (κ3) is 3.29. The van der Waals surface area contributed by atoms with Crippen LogP contribution in [0.3, 0.4) is 0 Å². The number of hydrogen-bond donors (Lipinski definition) is 0. The molecule has 4 heteroatoms. The van der Waals surface area contributed by atoms with Crippen molar-refractivity contribution in [3.05, 3.63) is 23.8 Å². The summed E-state index contributed by atoms with van der Waals surface area (Å²) < 4.78 is 0.109. The van der Waals surface area contributed by atoms with Gasteiger partial charge >= 0.3 is 0 Å². The molecule has 14 heavy (non-hydrogen) atoms. The predicted molar refractivity (Wildman–Crippen MR) is 76.1 cm³/mol. The first kappa shape index (κ1) is 12.6. The molecule has 0 aromatic carbocycles. The summed E-state index contributed by atoms with van der Waals surface area (Å²) in [7, 11) is 0.